The lowest BCUT2D eigenvalue weighted by molar-refractivity contribution is 0.336. The Balaban J connectivity index is 2.15. The third-order valence-electron chi connectivity index (χ3n) is 4.25. The monoisotopic (exact) mass is 310 g/mol. The number of hydrogen-bond donors (Lipinski definition) is 1. The quantitative estimate of drug-likeness (QED) is 0.847. The van der Waals surface area contributed by atoms with Gasteiger partial charge in [-0.15, -0.1) is 0 Å². The molecule has 1 N–H and O–H groups in total. The summed E-state index contributed by atoms with van der Waals surface area (Å²) in [7, 11) is -1.66. The number of benzene rings is 1. The van der Waals surface area contributed by atoms with Crippen molar-refractivity contribution in [1.29, 1.82) is 0 Å². The SMILES string of the molecule is CCNc1ccc(S(=O)(=O)N(C)C2CCCCCC2)cc1. The Bertz CT molecular complexity index is 532. The summed E-state index contributed by atoms with van der Waals surface area (Å²) in [5.41, 5.74) is 0.952. The molecule has 0 atom stereocenters. The van der Waals surface area contributed by atoms with Gasteiger partial charge in [0.05, 0.1) is 4.90 Å². The molecule has 0 radical (unpaired) electrons. The second-order valence-corrected chi connectivity index (χ2v) is 7.72. The van der Waals surface area contributed by atoms with Gasteiger partial charge in [-0.3, -0.25) is 0 Å². The van der Waals surface area contributed by atoms with Crippen LogP contribution in [0, 0.1) is 0 Å². The van der Waals surface area contributed by atoms with Gasteiger partial charge in [-0.05, 0) is 44.0 Å². The maximum atomic E-state index is 12.7. The number of hydrogen-bond acceptors (Lipinski definition) is 3. The van der Waals surface area contributed by atoms with Crippen LogP contribution in [0.2, 0.25) is 0 Å². The van der Waals surface area contributed by atoms with E-state index in [-0.39, 0.29) is 6.04 Å². The summed E-state index contributed by atoms with van der Waals surface area (Å²) in [5, 5.41) is 3.18. The molecule has 0 amide bonds. The molecule has 1 fully saturated rings. The fraction of sp³-hybridized carbons (Fsp3) is 0.625. The summed E-state index contributed by atoms with van der Waals surface area (Å²) in [6.45, 7) is 2.85. The van der Waals surface area contributed by atoms with Crippen LogP contribution in [-0.2, 0) is 10.0 Å². The molecule has 0 spiro atoms. The first kappa shape index (κ1) is 16.3. The first-order chi connectivity index (χ1) is 10.1. The molecule has 0 bridgehead atoms. The second kappa shape index (κ2) is 7.27. The summed E-state index contributed by atoms with van der Waals surface area (Å²) in [4.78, 5) is 0.385. The van der Waals surface area contributed by atoms with Crippen LogP contribution < -0.4 is 5.32 Å². The van der Waals surface area contributed by atoms with E-state index in [4.69, 9.17) is 0 Å². The van der Waals surface area contributed by atoms with E-state index >= 15 is 0 Å². The Kier molecular flexibility index (Phi) is 5.65. The Labute approximate surface area is 128 Å². The molecule has 1 aromatic carbocycles. The van der Waals surface area contributed by atoms with Crippen LogP contribution in [0.15, 0.2) is 29.2 Å². The topological polar surface area (TPSA) is 49.4 Å². The summed E-state index contributed by atoms with van der Waals surface area (Å²) in [5.74, 6) is 0. The lowest BCUT2D eigenvalue weighted by Gasteiger charge is -2.26. The Hall–Kier alpha value is -1.07. The molecule has 21 heavy (non-hydrogen) atoms. The molecule has 1 aliphatic carbocycles. The van der Waals surface area contributed by atoms with E-state index < -0.39 is 10.0 Å². The van der Waals surface area contributed by atoms with E-state index in [1.807, 2.05) is 19.1 Å². The lowest BCUT2D eigenvalue weighted by Crippen LogP contribution is -2.36. The largest absolute Gasteiger partial charge is 0.385 e. The average Bonchev–Trinajstić information content (AvgIpc) is 2.76. The van der Waals surface area contributed by atoms with Crippen molar-refractivity contribution in [3.05, 3.63) is 24.3 Å². The van der Waals surface area contributed by atoms with Gasteiger partial charge in [0, 0.05) is 25.3 Å². The molecular weight excluding hydrogens is 284 g/mol. The van der Waals surface area contributed by atoms with Crippen molar-refractivity contribution < 1.29 is 8.42 Å². The van der Waals surface area contributed by atoms with Gasteiger partial charge in [0.25, 0.3) is 0 Å². The summed E-state index contributed by atoms with van der Waals surface area (Å²) >= 11 is 0. The molecule has 1 aliphatic rings. The number of rotatable bonds is 5. The molecule has 0 heterocycles. The van der Waals surface area contributed by atoms with E-state index in [9.17, 15) is 8.42 Å². The molecule has 4 nitrogen and oxygen atoms in total. The zero-order valence-electron chi connectivity index (χ0n) is 13.0. The Morgan fingerprint density at radius 2 is 1.67 bits per heavy atom. The van der Waals surface area contributed by atoms with Crippen molar-refractivity contribution in [3.8, 4) is 0 Å². The van der Waals surface area contributed by atoms with Crippen LogP contribution in [-0.4, -0.2) is 32.4 Å². The normalized spacial score (nSPS) is 17.7. The number of nitrogens with zero attached hydrogens (tertiary/aromatic N) is 1. The highest BCUT2D eigenvalue weighted by atomic mass is 32.2. The highest BCUT2D eigenvalue weighted by Crippen LogP contribution is 2.26. The molecular formula is C16H26N2O2S. The van der Waals surface area contributed by atoms with Gasteiger partial charge in [-0.2, -0.15) is 4.31 Å². The van der Waals surface area contributed by atoms with Gasteiger partial charge in [0.1, 0.15) is 0 Å². The van der Waals surface area contributed by atoms with E-state index in [1.54, 1.807) is 23.5 Å². The molecule has 0 saturated heterocycles. The van der Waals surface area contributed by atoms with Crippen LogP contribution >= 0.6 is 0 Å². The number of sulfonamides is 1. The minimum atomic E-state index is -3.38. The minimum absolute atomic E-state index is 0.144. The summed E-state index contributed by atoms with van der Waals surface area (Å²) in [6.07, 6.45) is 6.66. The molecule has 2 rings (SSSR count). The predicted octanol–water partition coefficient (Wildman–Crippen LogP) is 3.46. The van der Waals surface area contributed by atoms with Crippen molar-refractivity contribution in [2.45, 2.75) is 56.4 Å². The van der Waals surface area contributed by atoms with E-state index in [2.05, 4.69) is 5.32 Å². The van der Waals surface area contributed by atoms with Gasteiger partial charge in [-0.25, -0.2) is 8.42 Å². The second-order valence-electron chi connectivity index (χ2n) is 5.72. The van der Waals surface area contributed by atoms with Crippen molar-refractivity contribution in [2.75, 3.05) is 18.9 Å². The fourth-order valence-corrected chi connectivity index (χ4v) is 4.35. The van der Waals surface area contributed by atoms with Gasteiger partial charge >= 0.3 is 0 Å². The van der Waals surface area contributed by atoms with Crippen LogP contribution in [0.25, 0.3) is 0 Å². The van der Waals surface area contributed by atoms with Crippen LogP contribution in [0.4, 0.5) is 5.69 Å². The fourth-order valence-electron chi connectivity index (χ4n) is 2.93. The first-order valence-corrected chi connectivity index (χ1v) is 9.31. The zero-order chi connectivity index (χ0) is 15.3. The minimum Gasteiger partial charge on any atom is -0.385 e. The standard InChI is InChI=1S/C16H26N2O2S/c1-3-17-14-10-12-16(13-11-14)21(19,20)18(2)15-8-6-4-5-7-9-15/h10-13,15,17H,3-9H2,1-2H3. The first-order valence-electron chi connectivity index (χ1n) is 7.87. The molecule has 5 heteroatoms. The average molecular weight is 310 g/mol. The summed E-state index contributed by atoms with van der Waals surface area (Å²) in [6, 6.07) is 7.20. The third kappa shape index (κ3) is 3.98. The van der Waals surface area contributed by atoms with E-state index in [0.29, 0.717) is 4.90 Å². The van der Waals surface area contributed by atoms with Gasteiger partial charge in [0.2, 0.25) is 10.0 Å². The molecule has 0 aliphatic heterocycles. The van der Waals surface area contributed by atoms with Crippen LogP contribution in [0.3, 0.4) is 0 Å². The van der Waals surface area contributed by atoms with E-state index in [0.717, 1.165) is 37.9 Å². The van der Waals surface area contributed by atoms with E-state index in [1.165, 1.54) is 12.8 Å². The zero-order valence-corrected chi connectivity index (χ0v) is 13.8. The van der Waals surface area contributed by atoms with Gasteiger partial charge in [-0.1, -0.05) is 25.7 Å². The van der Waals surface area contributed by atoms with Crippen molar-refractivity contribution in [2.24, 2.45) is 0 Å². The lowest BCUT2D eigenvalue weighted by atomic mass is 10.1. The maximum Gasteiger partial charge on any atom is 0.243 e. The highest BCUT2D eigenvalue weighted by molar-refractivity contribution is 7.89. The number of nitrogens with one attached hydrogen (secondary N) is 1. The highest BCUT2D eigenvalue weighted by Gasteiger charge is 2.28. The van der Waals surface area contributed by atoms with Crippen molar-refractivity contribution >= 4 is 15.7 Å². The van der Waals surface area contributed by atoms with Crippen LogP contribution in [0.5, 0.6) is 0 Å². The molecule has 1 aromatic rings. The van der Waals surface area contributed by atoms with Gasteiger partial charge in [0.15, 0.2) is 0 Å². The molecule has 118 valence electrons. The third-order valence-corrected chi connectivity index (χ3v) is 6.18. The summed E-state index contributed by atoms with van der Waals surface area (Å²) < 4.78 is 27.0. The van der Waals surface area contributed by atoms with Gasteiger partial charge < -0.3 is 5.32 Å². The smallest absolute Gasteiger partial charge is 0.243 e. The predicted molar refractivity (Wildman–Crippen MR) is 87.0 cm³/mol. The van der Waals surface area contributed by atoms with Crippen molar-refractivity contribution in [1.82, 2.24) is 4.31 Å². The Morgan fingerprint density at radius 3 is 2.19 bits per heavy atom. The van der Waals surface area contributed by atoms with Crippen LogP contribution in [0.1, 0.15) is 45.4 Å². The van der Waals surface area contributed by atoms with Crippen molar-refractivity contribution in [3.63, 3.8) is 0 Å². The molecule has 0 unspecified atom stereocenters. The molecule has 1 saturated carbocycles. The maximum absolute atomic E-state index is 12.7. The molecule has 0 aromatic heterocycles. The Morgan fingerprint density at radius 1 is 1.10 bits per heavy atom. The number of anilines is 1.